The van der Waals surface area contributed by atoms with Gasteiger partial charge in [-0.05, 0) is 17.9 Å². The largest absolute Gasteiger partial charge is 0.354 e. The maximum atomic E-state index is 11.8. The first-order valence-electron chi connectivity index (χ1n) is 6.55. The van der Waals surface area contributed by atoms with Gasteiger partial charge in [-0.1, -0.05) is 37.3 Å². The van der Waals surface area contributed by atoms with Crippen LogP contribution in [0.4, 0.5) is 0 Å². The molecule has 5 nitrogen and oxygen atoms in total. The molecule has 3 N–H and O–H groups in total. The van der Waals surface area contributed by atoms with Crippen molar-refractivity contribution in [3.8, 4) is 0 Å². The number of nitrogens with one attached hydrogen (secondary N) is 1. The summed E-state index contributed by atoms with van der Waals surface area (Å²) in [6, 6.07) is 9.06. The Morgan fingerprint density at radius 3 is 2.45 bits per heavy atom. The van der Waals surface area contributed by atoms with E-state index in [0.717, 1.165) is 11.8 Å². The van der Waals surface area contributed by atoms with Gasteiger partial charge in [-0.3, -0.25) is 4.79 Å². The molecule has 1 aromatic carbocycles. The van der Waals surface area contributed by atoms with Crippen molar-refractivity contribution in [1.29, 1.82) is 0 Å². The second kappa shape index (κ2) is 7.40. The number of hydrogen-bond acceptors (Lipinski definition) is 4. The lowest BCUT2D eigenvalue weighted by molar-refractivity contribution is -0.122. The van der Waals surface area contributed by atoms with Gasteiger partial charge < -0.3 is 11.1 Å². The number of sulfone groups is 1. The molecule has 0 aliphatic heterocycles. The van der Waals surface area contributed by atoms with E-state index >= 15 is 0 Å². The van der Waals surface area contributed by atoms with E-state index in [-0.39, 0.29) is 24.0 Å². The zero-order valence-electron chi connectivity index (χ0n) is 11.9. The van der Waals surface area contributed by atoms with Gasteiger partial charge in [-0.25, -0.2) is 8.42 Å². The molecule has 1 aromatic rings. The lowest BCUT2D eigenvalue weighted by Crippen LogP contribution is -2.42. The SMILES string of the molecule is CC(CNC(=O)C(N)CCS(C)(=O)=O)c1ccccc1. The summed E-state index contributed by atoms with van der Waals surface area (Å²) in [6.07, 6.45) is 1.28. The predicted molar refractivity (Wildman–Crippen MR) is 80.2 cm³/mol. The number of carbonyl (C=O) groups excluding carboxylic acids is 1. The van der Waals surface area contributed by atoms with Crippen LogP contribution in [0, 0.1) is 0 Å². The molecule has 0 aliphatic carbocycles. The number of hydrogen-bond donors (Lipinski definition) is 2. The van der Waals surface area contributed by atoms with Crippen molar-refractivity contribution in [1.82, 2.24) is 5.32 Å². The van der Waals surface area contributed by atoms with Gasteiger partial charge in [0, 0.05) is 12.8 Å². The Kier molecular flexibility index (Phi) is 6.16. The van der Waals surface area contributed by atoms with Crippen LogP contribution in [-0.2, 0) is 14.6 Å². The Hall–Kier alpha value is -1.40. The van der Waals surface area contributed by atoms with Gasteiger partial charge in [0.25, 0.3) is 0 Å². The van der Waals surface area contributed by atoms with E-state index in [0.29, 0.717) is 6.54 Å². The summed E-state index contributed by atoms with van der Waals surface area (Å²) in [6.45, 7) is 2.49. The maximum Gasteiger partial charge on any atom is 0.236 e. The first kappa shape index (κ1) is 16.7. The molecule has 2 atom stereocenters. The minimum Gasteiger partial charge on any atom is -0.354 e. The van der Waals surface area contributed by atoms with Crippen LogP contribution in [0.2, 0.25) is 0 Å². The van der Waals surface area contributed by atoms with E-state index in [4.69, 9.17) is 5.73 Å². The molecule has 20 heavy (non-hydrogen) atoms. The number of carbonyl (C=O) groups is 1. The highest BCUT2D eigenvalue weighted by Crippen LogP contribution is 2.12. The molecule has 1 amide bonds. The third-order valence-corrected chi connectivity index (χ3v) is 4.06. The average molecular weight is 298 g/mol. The van der Waals surface area contributed by atoms with Crippen LogP contribution in [0.25, 0.3) is 0 Å². The van der Waals surface area contributed by atoms with Gasteiger partial charge in [-0.15, -0.1) is 0 Å². The van der Waals surface area contributed by atoms with Gasteiger partial charge >= 0.3 is 0 Å². The number of nitrogens with two attached hydrogens (primary N) is 1. The monoisotopic (exact) mass is 298 g/mol. The van der Waals surface area contributed by atoms with Gasteiger partial charge in [0.15, 0.2) is 0 Å². The Balaban J connectivity index is 2.39. The molecule has 0 heterocycles. The van der Waals surface area contributed by atoms with E-state index in [2.05, 4.69) is 5.32 Å². The van der Waals surface area contributed by atoms with Crippen molar-refractivity contribution in [2.75, 3.05) is 18.6 Å². The van der Waals surface area contributed by atoms with E-state index in [1.807, 2.05) is 37.3 Å². The second-order valence-corrected chi connectivity index (χ2v) is 7.34. The minimum absolute atomic E-state index is 0.0736. The molecule has 6 heteroatoms. The Bertz CT molecular complexity index is 529. The van der Waals surface area contributed by atoms with Crippen molar-refractivity contribution in [3.63, 3.8) is 0 Å². The lowest BCUT2D eigenvalue weighted by atomic mass is 10.0. The normalized spacial score (nSPS) is 14.6. The fourth-order valence-electron chi connectivity index (χ4n) is 1.76. The summed E-state index contributed by atoms with van der Waals surface area (Å²) < 4.78 is 22.0. The van der Waals surface area contributed by atoms with Gasteiger partial charge in [-0.2, -0.15) is 0 Å². The van der Waals surface area contributed by atoms with Crippen LogP contribution in [-0.4, -0.2) is 38.9 Å². The van der Waals surface area contributed by atoms with Crippen LogP contribution in [0.1, 0.15) is 24.8 Å². The molecule has 1 rings (SSSR count). The highest BCUT2D eigenvalue weighted by Gasteiger charge is 2.16. The lowest BCUT2D eigenvalue weighted by Gasteiger charge is -2.16. The molecule has 0 bridgehead atoms. The number of rotatable bonds is 7. The number of amides is 1. The minimum atomic E-state index is -3.09. The molecule has 2 unspecified atom stereocenters. The highest BCUT2D eigenvalue weighted by molar-refractivity contribution is 7.90. The van der Waals surface area contributed by atoms with Crippen molar-refractivity contribution in [2.45, 2.75) is 25.3 Å². The third-order valence-electron chi connectivity index (χ3n) is 3.09. The second-order valence-electron chi connectivity index (χ2n) is 5.08. The first-order valence-corrected chi connectivity index (χ1v) is 8.61. The smallest absolute Gasteiger partial charge is 0.236 e. The molecule has 0 aromatic heterocycles. The molecular formula is C14H22N2O3S. The number of benzene rings is 1. The summed E-state index contributed by atoms with van der Waals surface area (Å²) in [4.78, 5) is 11.8. The molecule has 0 fully saturated rings. The van der Waals surface area contributed by atoms with Crippen molar-refractivity contribution < 1.29 is 13.2 Å². The molecule has 0 saturated heterocycles. The Labute approximate surface area is 120 Å². The average Bonchev–Trinajstić information content (AvgIpc) is 2.41. The standard InChI is InChI=1S/C14H22N2O3S/c1-11(12-6-4-3-5-7-12)10-16-14(17)13(15)8-9-20(2,18)19/h3-7,11,13H,8-10,15H2,1-2H3,(H,16,17). The van der Waals surface area contributed by atoms with Crippen LogP contribution in [0.3, 0.4) is 0 Å². The fraction of sp³-hybridized carbons (Fsp3) is 0.500. The van der Waals surface area contributed by atoms with Crippen LogP contribution < -0.4 is 11.1 Å². The summed E-state index contributed by atoms with van der Waals surface area (Å²) in [5.74, 6) is -0.200. The van der Waals surface area contributed by atoms with Gasteiger partial charge in [0.05, 0.1) is 11.8 Å². The van der Waals surface area contributed by atoms with Crippen molar-refractivity contribution >= 4 is 15.7 Å². The van der Waals surface area contributed by atoms with Crippen LogP contribution in [0.5, 0.6) is 0 Å². The van der Waals surface area contributed by atoms with Crippen LogP contribution >= 0.6 is 0 Å². The van der Waals surface area contributed by atoms with Crippen LogP contribution in [0.15, 0.2) is 30.3 Å². The zero-order chi connectivity index (χ0) is 15.2. The van der Waals surface area contributed by atoms with E-state index in [9.17, 15) is 13.2 Å². The zero-order valence-corrected chi connectivity index (χ0v) is 12.7. The Morgan fingerprint density at radius 2 is 1.90 bits per heavy atom. The summed E-state index contributed by atoms with van der Waals surface area (Å²) in [5.41, 5.74) is 6.81. The predicted octanol–water partition coefficient (Wildman–Crippen LogP) is 0.668. The summed E-state index contributed by atoms with van der Waals surface area (Å²) in [7, 11) is -3.09. The highest BCUT2D eigenvalue weighted by atomic mass is 32.2. The van der Waals surface area contributed by atoms with E-state index in [1.165, 1.54) is 0 Å². The molecule has 0 radical (unpaired) electrons. The molecular weight excluding hydrogens is 276 g/mol. The quantitative estimate of drug-likeness (QED) is 0.774. The van der Waals surface area contributed by atoms with E-state index < -0.39 is 15.9 Å². The topological polar surface area (TPSA) is 89.3 Å². The molecule has 0 saturated carbocycles. The fourth-order valence-corrected chi connectivity index (χ4v) is 2.44. The van der Waals surface area contributed by atoms with E-state index in [1.54, 1.807) is 0 Å². The van der Waals surface area contributed by atoms with Gasteiger partial charge in [0.2, 0.25) is 5.91 Å². The van der Waals surface area contributed by atoms with Crippen molar-refractivity contribution in [2.24, 2.45) is 5.73 Å². The van der Waals surface area contributed by atoms with Gasteiger partial charge in [0.1, 0.15) is 9.84 Å². The van der Waals surface area contributed by atoms with Crippen molar-refractivity contribution in [3.05, 3.63) is 35.9 Å². The third kappa shape index (κ3) is 6.16. The maximum absolute atomic E-state index is 11.8. The summed E-state index contributed by atoms with van der Waals surface area (Å²) >= 11 is 0. The first-order chi connectivity index (χ1) is 9.29. The summed E-state index contributed by atoms with van der Waals surface area (Å²) in [5, 5.41) is 2.76. The molecule has 0 aliphatic rings. The molecule has 0 spiro atoms. The molecule has 112 valence electrons. The Morgan fingerprint density at radius 1 is 1.30 bits per heavy atom.